The van der Waals surface area contributed by atoms with E-state index >= 15 is 0 Å². The Balaban J connectivity index is 3.48. The van der Waals surface area contributed by atoms with Crippen LogP contribution in [0.25, 0.3) is 0 Å². The smallest absolute Gasteiger partial charge is 0.120 e. The van der Waals surface area contributed by atoms with Gasteiger partial charge in [-0.25, -0.2) is 0 Å². The summed E-state index contributed by atoms with van der Waals surface area (Å²) >= 11 is 0. The molecule has 1 N–H and O–H groups in total. The van der Waals surface area contributed by atoms with E-state index in [0.29, 0.717) is 5.75 Å². The van der Waals surface area contributed by atoms with Crippen molar-refractivity contribution >= 4 is 0 Å². The number of phenolic OH excluding ortho intramolecular Hbond substituents is 1. The van der Waals surface area contributed by atoms with Gasteiger partial charge >= 0.3 is 0 Å². The van der Waals surface area contributed by atoms with E-state index in [0.717, 1.165) is 12.1 Å². The van der Waals surface area contributed by atoms with Gasteiger partial charge in [0.2, 0.25) is 0 Å². The molecule has 0 spiro atoms. The molecule has 19 heavy (non-hydrogen) atoms. The number of benzene rings is 1. The van der Waals surface area contributed by atoms with E-state index in [1.807, 2.05) is 20.2 Å². The van der Waals surface area contributed by atoms with Crippen molar-refractivity contribution < 1.29 is 5.11 Å². The van der Waals surface area contributed by atoms with Crippen molar-refractivity contribution in [3.05, 3.63) is 28.8 Å². The second-order valence-electron chi connectivity index (χ2n) is 7.76. The van der Waals surface area contributed by atoms with E-state index in [9.17, 15) is 5.11 Å². The van der Waals surface area contributed by atoms with Gasteiger partial charge in [-0.05, 0) is 42.1 Å². The largest absolute Gasteiger partial charge is 0.508 e. The number of aromatic hydroxyl groups is 1. The zero-order chi connectivity index (χ0) is 15.0. The lowest BCUT2D eigenvalue weighted by Crippen LogP contribution is -2.21. The fraction of sp³-hybridized carbons (Fsp3) is 0.647. The van der Waals surface area contributed by atoms with Gasteiger partial charge in [-0.2, -0.15) is 0 Å². The highest BCUT2D eigenvalue weighted by atomic mass is 16.3. The minimum atomic E-state index is 0.0318. The Bertz CT molecular complexity index is 448. The summed E-state index contributed by atoms with van der Waals surface area (Å²) in [6.45, 7) is 13.9. The summed E-state index contributed by atoms with van der Waals surface area (Å²) < 4.78 is 0. The maximum absolute atomic E-state index is 10.4. The summed E-state index contributed by atoms with van der Waals surface area (Å²) in [6, 6.07) is 4.19. The first kappa shape index (κ1) is 16.0. The SMILES string of the molecule is CN(C)Cc1c(O)cc(C(C)(C)C)cc1C(C)(C)C. The van der Waals surface area contributed by atoms with Gasteiger partial charge in [0.05, 0.1) is 0 Å². The number of nitrogens with zero attached hydrogens (tertiary/aromatic N) is 1. The summed E-state index contributed by atoms with van der Waals surface area (Å²) in [5.41, 5.74) is 3.56. The van der Waals surface area contributed by atoms with Crippen molar-refractivity contribution in [3.8, 4) is 5.75 Å². The normalized spacial score (nSPS) is 13.1. The van der Waals surface area contributed by atoms with Crippen LogP contribution in [-0.4, -0.2) is 24.1 Å². The molecule has 0 atom stereocenters. The van der Waals surface area contributed by atoms with E-state index in [1.165, 1.54) is 11.1 Å². The van der Waals surface area contributed by atoms with E-state index < -0.39 is 0 Å². The number of hydrogen-bond acceptors (Lipinski definition) is 2. The lowest BCUT2D eigenvalue weighted by Gasteiger charge is -2.29. The van der Waals surface area contributed by atoms with Crippen LogP contribution in [0.3, 0.4) is 0 Å². The first-order valence-corrected chi connectivity index (χ1v) is 6.94. The zero-order valence-electron chi connectivity index (χ0n) is 13.8. The minimum absolute atomic E-state index is 0.0318. The highest BCUT2D eigenvalue weighted by Gasteiger charge is 2.24. The van der Waals surface area contributed by atoms with Crippen LogP contribution < -0.4 is 0 Å². The molecule has 0 amide bonds. The molecule has 0 saturated heterocycles. The molecule has 0 heterocycles. The molecule has 0 aliphatic heterocycles. The van der Waals surface area contributed by atoms with Crippen LogP contribution in [0.2, 0.25) is 0 Å². The van der Waals surface area contributed by atoms with Crippen molar-refractivity contribution in [1.29, 1.82) is 0 Å². The second-order valence-corrected chi connectivity index (χ2v) is 7.76. The molecule has 0 radical (unpaired) electrons. The van der Waals surface area contributed by atoms with Gasteiger partial charge in [0, 0.05) is 12.1 Å². The van der Waals surface area contributed by atoms with Gasteiger partial charge in [0.25, 0.3) is 0 Å². The molecule has 0 aliphatic carbocycles. The van der Waals surface area contributed by atoms with Gasteiger partial charge in [0.1, 0.15) is 5.75 Å². The van der Waals surface area contributed by atoms with Crippen molar-refractivity contribution in [3.63, 3.8) is 0 Å². The molecule has 0 unspecified atom stereocenters. The highest BCUT2D eigenvalue weighted by Crippen LogP contribution is 2.36. The lowest BCUT2D eigenvalue weighted by molar-refractivity contribution is 0.378. The van der Waals surface area contributed by atoms with Crippen LogP contribution in [0.4, 0.5) is 0 Å². The lowest BCUT2D eigenvalue weighted by atomic mass is 9.78. The van der Waals surface area contributed by atoms with Crippen molar-refractivity contribution in [2.24, 2.45) is 0 Å². The molecule has 1 rings (SSSR count). The van der Waals surface area contributed by atoms with Crippen molar-refractivity contribution in [2.75, 3.05) is 14.1 Å². The third-order valence-electron chi connectivity index (χ3n) is 3.37. The Morgan fingerprint density at radius 1 is 0.947 bits per heavy atom. The summed E-state index contributed by atoms with van der Waals surface area (Å²) in [5.74, 6) is 0.422. The Hall–Kier alpha value is -1.02. The van der Waals surface area contributed by atoms with Gasteiger partial charge in [0.15, 0.2) is 0 Å². The molecule has 1 aromatic carbocycles. The monoisotopic (exact) mass is 263 g/mol. The van der Waals surface area contributed by atoms with Crippen LogP contribution in [0.15, 0.2) is 12.1 Å². The summed E-state index contributed by atoms with van der Waals surface area (Å²) in [7, 11) is 4.06. The topological polar surface area (TPSA) is 23.5 Å². The molecular weight excluding hydrogens is 234 g/mol. The Kier molecular flexibility index (Phi) is 4.36. The van der Waals surface area contributed by atoms with Gasteiger partial charge in [-0.3, -0.25) is 0 Å². The summed E-state index contributed by atoms with van der Waals surface area (Å²) in [5, 5.41) is 10.4. The maximum atomic E-state index is 10.4. The van der Waals surface area contributed by atoms with Gasteiger partial charge in [-0.15, -0.1) is 0 Å². The number of phenols is 1. The molecule has 0 bridgehead atoms. The second kappa shape index (κ2) is 5.16. The van der Waals surface area contributed by atoms with E-state index in [4.69, 9.17) is 0 Å². The average molecular weight is 263 g/mol. The van der Waals surface area contributed by atoms with Crippen molar-refractivity contribution in [1.82, 2.24) is 4.90 Å². The molecular formula is C17H29NO. The van der Waals surface area contributed by atoms with Crippen LogP contribution >= 0.6 is 0 Å². The molecule has 2 nitrogen and oxygen atoms in total. The van der Waals surface area contributed by atoms with Gasteiger partial charge < -0.3 is 10.0 Å². The number of rotatable bonds is 2. The summed E-state index contributed by atoms with van der Waals surface area (Å²) in [6.07, 6.45) is 0. The standard InChI is InChI=1S/C17H29NO/c1-16(2,3)12-9-14(17(4,5)6)13(11-18(7)8)15(19)10-12/h9-10,19H,11H2,1-8H3. The molecule has 0 aliphatic rings. The van der Waals surface area contributed by atoms with E-state index in [2.05, 4.69) is 52.5 Å². The van der Waals surface area contributed by atoms with E-state index in [-0.39, 0.29) is 10.8 Å². The fourth-order valence-corrected chi connectivity index (χ4v) is 2.24. The van der Waals surface area contributed by atoms with Crippen molar-refractivity contribution in [2.45, 2.75) is 58.9 Å². The third kappa shape index (κ3) is 3.97. The molecule has 0 aromatic heterocycles. The first-order chi connectivity index (χ1) is 8.43. The van der Waals surface area contributed by atoms with Crippen LogP contribution in [0.5, 0.6) is 5.75 Å². The first-order valence-electron chi connectivity index (χ1n) is 6.94. The maximum Gasteiger partial charge on any atom is 0.120 e. The van der Waals surface area contributed by atoms with E-state index in [1.54, 1.807) is 0 Å². The van der Waals surface area contributed by atoms with Crippen LogP contribution in [-0.2, 0) is 17.4 Å². The minimum Gasteiger partial charge on any atom is -0.508 e. The van der Waals surface area contributed by atoms with Crippen LogP contribution in [0, 0.1) is 0 Å². The molecule has 1 aromatic rings. The van der Waals surface area contributed by atoms with Gasteiger partial charge in [-0.1, -0.05) is 47.6 Å². The van der Waals surface area contributed by atoms with Crippen LogP contribution in [0.1, 0.15) is 58.2 Å². The molecule has 2 heteroatoms. The predicted octanol–water partition coefficient (Wildman–Crippen LogP) is 4.05. The predicted molar refractivity (Wildman–Crippen MR) is 82.9 cm³/mol. The highest BCUT2D eigenvalue weighted by molar-refractivity contribution is 5.47. The summed E-state index contributed by atoms with van der Waals surface area (Å²) in [4.78, 5) is 2.10. The average Bonchev–Trinajstić information content (AvgIpc) is 2.16. The molecule has 0 saturated carbocycles. The molecule has 108 valence electrons. The quantitative estimate of drug-likeness (QED) is 0.870. The Morgan fingerprint density at radius 2 is 1.47 bits per heavy atom. The third-order valence-corrected chi connectivity index (χ3v) is 3.37. The Labute approximate surface area is 118 Å². The number of hydrogen-bond donors (Lipinski definition) is 1. The Morgan fingerprint density at radius 3 is 1.84 bits per heavy atom. The molecule has 0 fully saturated rings. The fourth-order valence-electron chi connectivity index (χ4n) is 2.24. The zero-order valence-corrected chi connectivity index (χ0v) is 13.8.